The van der Waals surface area contributed by atoms with Crippen molar-refractivity contribution < 1.29 is 22.8 Å². The molecule has 0 fully saturated rings. The highest BCUT2D eigenvalue weighted by atomic mass is 15.0. The molecule has 5 heterocycles. The van der Waals surface area contributed by atoms with Gasteiger partial charge in [-0.2, -0.15) is 9.13 Å². The van der Waals surface area contributed by atoms with Gasteiger partial charge in [-0.3, -0.25) is 0 Å². The van der Waals surface area contributed by atoms with Gasteiger partial charge in [-0.05, 0) is 177 Å². The summed E-state index contributed by atoms with van der Waals surface area (Å²) >= 11 is 0. The third kappa shape index (κ3) is 14.9. The molecule has 0 N–H and O–H groups in total. The molecule has 0 spiro atoms. The number of hydrogen-bond acceptors (Lipinski definition) is 0. The summed E-state index contributed by atoms with van der Waals surface area (Å²) in [6.45, 7) is 32.4. The molecule has 80 heavy (non-hydrogen) atoms. The fourth-order valence-corrected chi connectivity index (χ4v) is 10.7. The van der Waals surface area contributed by atoms with Crippen LogP contribution in [0.15, 0.2) is 182 Å². The van der Waals surface area contributed by atoms with Gasteiger partial charge >= 0.3 is 0 Å². The van der Waals surface area contributed by atoms with Crippen molar-refractivity contribution in [2.75, 3.05) is 0 Å². The first-order valence-electron chi connectivity index (χ1n) is 28.1. The van der Waals surface area contributed by atoms with Gasteiger partial charge in [0.05, 0.1) is 0 Å². The Morgan fingerprint density at radius 1 is 0.250 bits per heavy atom. The molecule has 5 heteroatoms. The van der Waals surface area contributed by atoms with Gasteiger partial charge < -0.3 is 0 Å². The number of rotatable bonds is 5. The van der Waals surface area contributed by atoms with Crippen LogP contribution in [-0.4, -0.2) is 0 Å². The van der Waals surface area contributed by atoms with Crippen molar-refractivity contribution in [2.24, 2.45) is 35.2 Å². The molecule has 0 radical (unpaired) electrons. The normalized spacial score (nSPS) is 10.5. The lowest BCUT2D eigenvalue weighted by atomic mass is 9.99. The minimum Gasteiger partial charge on any atom is -0.201 e. The number of pyridine rings is 5. The molecule has 0 aliphatic rings. The highest BCUT2D eigenvalue weighted by Crippen LogP contribution is 2.27. The molecule has 0 amide bonds. The highest BCUT2D eigenvalue weighted by molar-refractivity contribution is 5.67. The Morgan fingerprint density at radius 2 is 0.700 bits per heavy atom. The predicted molar refractivity (Wildman–Crippen MR) is 336 cm³/mol. The molecule has 0 bridgehead atoms. The molecule has 0 aliphatic heterocycles. The molecule has 5 aromatic heterocycles. The SMILES string of the molecule is Cc1cc(-c2ccccc2C)[n+](C)cc1C.Cc1cc(C)[n+](C)c(-c2ccccc2C)c1.Cc1cc(C)c(-c2ccccc2C)[n+](C)c1.Cc1ccccc1-c1c(C)c(C)cc[n+]1C.Cc1ccccc1-c1c(C)ccc(C)[n+]1C. The smallest absolute Gasteiger partial charge is 0.201 e. The summed E-state index contributed by atoms with van der Waals surface area (Å²) < 4.78 is 11.1. The van der Waals surface area contributed by atoms with E-state index in [0.717, 1.165) is 0 Å². The monoisotopic (exact) mass is 1060 g/mol. The van der Waals surface area contributed by atoms with Crippen LogP contribution in [0.1, 0.15) is 83.7 Å². The Labute approximate surface area is 481 Å². The number of hydrogen-bond donors (Lipinski definition) is 0. The first-order chi connectivity index (χ1) is 38.0. The number of benzene rings is 5. The molecule has 0 saturated carbocycles. The lowest BCUT2D eigenvalue weighted by Gasteiger charge is -2.08. The zero-order valence-electron chi connectivity index (χ0n) is 52.1. The molecule has 5 aromatic carbocycles. The van der Waals surface area contributed by atoms with Gasteiger partial charge in [0.2, 0.25) is 28.5 Å². The Hall–Kier alpha value is -8.15. The van der Waals surface area contributed by atoms with E-state index in [4.69, 9.17) is 0 Å². The number of aryl methyl sites for hydroxylation is 17. The standard InChI is InChI=1S/5C15H18N/c1-11-9-13(3)15(16(4)10-11)14-8-6-5-7-12(14)2;1-11-9-13(3)16(4)15(10-11)14-8-6-5-7-12(14)2;1-11-7-5-6-8-14(11)15-9-12(2)13(3)10-16(15)4;1-11-9-10-16(4)15(13(11)3)14-8-6-5-7-12(14)2;1-11-7-5-6-8-14(11)15-12(2)9-10-13(3)16(15)4/h5*5-10H,1-4H3/q5*+1. The van der Waals surface area contributed by atoms with Crippen LogP contribution >= 0.6 is 0 Å². The maximum atomic E-state index is 2.26. The van der Waals surface area contributed by atoms with Gasteiger partial charge in [-0.25, -0.2) is 13.7 Å². The molecule has 0 atom stereocenters. The van der Waals surface area contributed by atoms with Crippen molar-refractivity contribution >= 4 is 0 Å². The first kappa shape index (κ1) is 61.1. The van der Waals surface area contributed by atoms with Crippen LogP contribution in [0.2, 0.25) is 0 Å². The minimum absolute atomic E-state index is 1.28. The second-order valence-electron chi connectivity index (χ2n) is 22.1. The van der Waals surface area contributed by atoms with Gasteiger partial charge in [0.1, 0.15) is 35.2 Å². The average Bonchev–Trinajstić information content (AvgIpc) is 3.41. The zero-order chi connectivity index (χ0) is 58.5. The summed E-state index contributed by atoms with van der Waals surface area (Å²) in [6.07, 6.45) is 6.50. The van der Waals surface area contributed by atoms with Crippen molar-refractivity contribution in [1.29, 1.82) is 0 Å². The van der Waals surface area contributed by atoms with Gasteiger partial charge in [-0.15, -0.1) is 0 Å². The maximum absolute atomic E-state index is 2.26. The van der Waals surface area contributed by atoms with Crippen LogP contribution < -0.4 is 22.8 Å². The minimum atomic E-state index is 1.28. The van der Waals surface area contributed by atoms with Crippen LogP contribution in [0.3, 0.4) is 0 Å². The molecular weight excluding hydrogens is 971 g/mol. The molecule has 0 unspecified atom stereocenters. The van der Waals surface area contributed by atoms with Gasteiger partial charge in [0.15, 0.2) is 30.0 Å². The lowest BCUT2D eigenvalue weighted by molar-refractivity contribution is -0.667. The largest absolute Gasteiger partial charge is 0.215 e. The van der Waals surface area contributed by atoms with E-state index in [2.05, 4.69) is 344 Å². The van der Waals surface area contributed by atoms with E-state index in [1.807, 2.05) is 0 Å². The molecule has 0 saturated heterocycles. The van der Waals surface area contributed by atoms with E-state index in [-0.39, 0.29) is 0 Å². The van der Waals surface area contributed by atoms with E-state index in [0.29, 0.717) is 0 Å². The van der Waals surface area contributed by atoms with Crippen molar-refractivity contribution in [2.45, 2.75) is 104 Å². The number of nitrogens with zero attached hydrogens (tertiary/aromatic N) is 5. The van der Waals surface area contributed by atoms with Crippen LogP contribution in [0.5, 0.6) is 0 Å². The van der Waals surface area contributed by atoms with Gasteiger partial charge in [0.25, 0.3) is 0 Å². The lowest BCUT2D eigenvalue weighted by Crippen LogP contribution is -2.35. The summed E-state index contributed by atoms with van der Waals surface area (Å²) in [5.74, 6) is 0. The van der Waals surface area contributed by atoms with Crippen molar-refractivity contribution in [3.05, 3.63) is 266 Å². The molecule has 5 nitrogen and oxygen atoms in total. The van der Waals surface area contributed by atoms with Crippen LogP contribution in [0.25, 0.3) is 56.3 Å². The predicted octanol–water partition coefficient (Wildman–Crippen LogP) is 15.5. The summed E-state index contributed by atoms with van der Waals surface area (Å²) in [4.78, 5) is 0. The van der Waals surface area contributed by atoms with Crippen molar-refractivity contribution in [1.82, 2.24) is 0 Å². The fraction of sp³-hybridized carbons (Fsp3) is 0.267. The summed E-state index contributed by atoms with van der Waals surface area (Å²) in [6, 6.07) is 58.1. The first-order valence-corrected chi connectivity index (χ1v) is 28.1. The fourth-order valence-electron chi connectivity index (χ4n) is 10.7. The molecule has 0 aliphatic carbocycles. The topological polar surface area (TPSA) is 19.4 Å². The van der Waals surface area contributed by atoms with Gasteiger partial charge in [-0.1, -0.05) is 91.0 Å². The summed E-state index contributed by atoms with van der Waals surface area (Å²) in [5.41, 5.74) is 33.0. The molecular formula is C75H90N5+5. The quantitative estimate of drug-likeness (QED) is 0.153. The number of aromatic nitrogens is 5. The summed E-state index contributed by atoms with van der Waals surface area (Å²) in [5, 5.41) is 0. The third-order valence-corrected chi connectivity index (χ3v) is 15.7. The van der Waals surface area contributed by atoms with E-state index < -0.39 is 0 Å². The zero-order valence-corrected chi connectivity index (χ0v) is 52.1. The van der Waals surface area contributed by atoms with Crippen molar-refractivity contribution in [3.8, 4) is 56.3 Å². The second kappa shape index (κ2) is 27.6. The average molecular weight is 1060 g/mol. The van der Waals surface area contributed by atoms with Crippen molar-refractivity contribution in [3.63, 3.8) is 0 Å². The second-order valence-corrected chi connectivity index (χ2v) is 22.1. The Morgan fingerprint density at radius 3 is 1.19 bits per heavy atom. The van der Waals surface area contributed by atoms with E-state index >= 15 is 0 Å². The third-order valence-electron chi connectivity index (χ3n) is 15.7. The van der Waals surface area contributed by atoms with Crippen LogP contribution in [0, 0.1) is 104 Å². The van der Waals surface area contributed by atoms with Crippen LogP contribution in [-0.2, 0) is 35.2 Å². The molecule has 410 valence electrons. The van der Waals surface area contributed by atoms with Gasteiger partial charge in [0, 0.05) is 99.8 Å². The Bertz CT molecular complexity index is 3660. The van der Waals surface area contributed by atoms with E-state index in [1.54, 1.807) is 0 Å². The van der Waals surface area contributed by atoms with E-state index in [1.165, 1.54) is 140 Å². The maximum Gasteiger partial charge on any atom is 0.215 e. The highest BCUT2D eigenvalue weighted by Gasteiger charge is 2.20. The van der Waals surface area contributed by atoms with E-state index in [9.17, 15) is 0 Å². The Kier molecular flexibility index (Phi) is 21.1. The van der Waals surface area contributed by atoms with Crippen LogP contribution in [0.4, 0.5) is 0 Å². The molecule has 10 rings (SSSR count). The molecule has 10 aromatic rings. The Balaban J connectivity index is 0.000000161. The summed E-state index contributed by atoms with van der Waals surface area (Å²) in [7, 11) is 10.6.